The second kappa shape index (κ2) is 11.6. The summed E-state index contributed by atoms with van der Waals surface area (Å²) in [6.07, 6.45) is 1.68. The number of amides is 1. The molecule has 1 atom stereocenters. The number of benzene rings is 3. The minimum atomic E-state index is -1.20. The molecule has 0 aromatic heterocycles. The lowest BCUT2D eigenvalue weighted by Gasteiger charge is -2.23. The molecule has 0 radical (unpaired) electrons. The Balaban J connectivity index is 1.56. The van der Waals surface area contributed by atoms with Gasteiger partial charge in [0.15, 0.2) is 17.5 Å². The Kier molecular flexibility index (Phi) is 8.30. The molecule has 3 aromatic rings. The maximum absolute atomic E-state index is 13.2. The average Bonchev–Trinajstić information content (AvgIpc) is 3.13. The quantitative estimate of drug-likeness (QED) is 0.251. The lowest BCUT2D eigenvalue weighted by molar-refractivity contribution is -0.145. The van der Waals surface area contributed by atoms with Gasteiger partial charge in [0.05, 0.1) is 11.5 Å². The fraction of sp³-hybridized carbons (Fsp3) is 0.148. The predicted octanol–water partition coefficient (Wildman–Crippen LogP) is 6.34. The van der Waals surface area contributed by atoms with Crippen molar-refractivity contribution in [3.63, 3.8) is 0 Å². The third-order valence-electron chi connectivity index (χ3n) is 5.30. The number of aliphatic carboxylic acids is 1. The highest BCUT2D eigenvalue weighted by atomic mass is 35.5. The molecule has 1 aliphatic heterocycles. The molecule has 6 nitrogen and oxygen atoms in total. The summed E-state index contributed by atoms with van der Waals surface area (Å²) in [5.41, 5.74) is 2.13. The van der Waals surface area contributed by atoms with Crippen LogP contribution < -0.4 is 9.47 Å². The van der Waals surface area contributed by atoms with E-state index in [9.17, 15) is 14.7 Å². The van der Waals surface area contributed by atoms with E-state index in [0.717, 1.165) is 22.2 Å². The smallest absolute Gasteiger partial charge is 0.331 e. The summed E-state index contributed by atoms with van der Waals surface area (Å²) in [7, 11) is 0. The van der Waals surface area contributed by atoms with Crippen LogP contribution >= 0.6 is 35.6 Å². The van der Waals surface area contributed by atoms with Crippen LogP contribution in [0.25, 0.3) is 6.08 Å². The number of thioether (sulfide) groups is 1. The maximum Gasteiger partial charge on any atom is 0.331 e. The summed E-state index contributed by atoms with van der Waals surface area (Å²) in [5.74, 6) is -0.517. The summed E-state index contributed by atoms with van der Waals surface area (Å²) in [5, 5.41) is 10.5. The zero-order valence-electron chi connectivity index (χ0n) is 19.2. The topological polar surface area (TPSA) is 76.1 Å². The molecule has 9 heteroatoms. The van der Waals surface area contributed by atoms with Gasteiger partial charge in [0.25, 0.3) is 5.91 Å². The first-order chi connectivity index (χ1) is 17.4. The van der Waals surface area contributed by atoms with Crippen molar-refractivity contribution in [2.24, 2.45) is 0 Å². The van der Waals surface area contributed by atoms with E-state index in [1.807, 2.05) is 19.1 Å². The van der Waals surface area contributed by atoms with Gasteiger partial charge in [-0.1, -0.05) is 84.1 Å². The molecule has 0 saturated carbocycles. The van der Waals surface area contributed by atoms with Gasteiger partial charge in [-0.25, -0.2) is 4.79 Å². The fourth-order valence-corrected chi connectivity index (χ4v) is 5.07. The number of hydrogen-bond acceptors (Lipinski definition) is 6. The van der Waals surface area contributed by atoms with Crippen molar-refractivity contribution in [2.45, 2.75) is 19.6 Å². The van der Waals surface area contributed by atoms with E-state index in [-0.39, 0.29) is 4.32 Å². The van der Waals surface area contributed by atoms with E-state index < -0.39 is 17.9 Å². The molecule has 36 heavy (non-hydrogen) atoms. The number of carboxylic acid groups (broad SMARTS) is 1. The molecule has 1 aliphatic rings. The number of rotatable bonds is 9. The van der Waals surface area contributed by atoms with Crippen molar-refractivity contribution in [1.29, 1.82) is 0 Å². The van der Waals surface area contributed by atoms with E-state index in [4.69, 9.17) is 33.3 Å². The van der Waals surface area contributed by atoms with Gasteiger partial charge in [0.2, 0.25) is 0 Å². The monoisotopic (exact) mass is 539 g/mol. The normalized spacial score (nSPS) is 15.3. The number of halogens is 1. The molecule has 0 spiro atoms. The molecule has 0 bridgehead atoms. The summed E-state index contributed by atoms with van der Waals surface area (Å²) < 4.78 is 11.9. The van der Waals surface area contributed by atoms with Crippen LogP contribution in [0.5, 0.6) is 11.5 Å². The van der Waals surface area contributed by atoms with Crippen LogP contribution in [-0.4, -0.2) is 32.8 Å². The number of thiocarbonyl (C=S) groups is 1. The molecule has 0 aliphatic carbocycles. The van der Waals surface area contributed by atoms with E-state index >= 15 is 0 Å². The van der Waals surface area contributed by atoms with Gasteiger partial charge in [-0.05, 0) is 54.0 Å². The van der Waals surface area contributed by atoms with Crippen LogP contribution in [0.2, 0.25) is 5.02 Å². The lowest BCUT2D eigenvalue weighted by Crippen LogP contribution is -2.37. The number of ether oxygens (including phenoxy) is 2. The lowest BCUT2D eigenvalue weighted by atomic mass is 10.1. The van der Waals surface area contributed by atoms with Crippen molar-refractivity contribution in [2.75, 3.05) is 6.61 Å². The summed E-state index contributed by atoms with van der Waals surface area (Å²) in [4.78, 5) is 26.8. The van der Waals surface area contributed by atoms with Crippen LogP contribution in [0.1, 0.15) is 29.7 Å². The zero-order valence-corrected chi connectivity index (χ0v) is 21.6. The Morgan fingerprint density at radius 1 is 1.08 bits per heavy atom. The Bertz CT molecular complexity index is 1310. The first-order valence-electron chi connectivity index (χ1n) is 11.1. The molecule has 1 fully saturated rings. The van der Waals surface area contributed by atoms with Crippen LogP contribution in [-0.2, 0) is 16.2 Å². The minimum absolute atomic E-state index is 0.190. The summed E-state index contributed by atoms with van der Waals surface area (Å²) in [6.45, 7) is 2.64. The van der Waals surface area contributed by atoms with Gasteiger partial charge < -0.3 is 14.6 Å². The van der Waals surface area contributed by atoms with Gasteiger partial charge in [0.1, 0.15) is 10.9 Å². The average molecular weight is 540 g/mol. The van der Waals surface area contributed by atoms with Crippen LogP contribution in [0, 0.1) is 0 Å². The first-order valence-corrected chi connectivity index (χ1v) is 12.7. The third kappa shape index (κ3) is 5.90. The van der Waals surface area contributed by atoms with Gasteiger partial charge in [-0.2, -0.15) is 0 Å². The molecule has 1 saturated heterocycles. The Hall–Kier alpha value is -3.33. The summed E-state index contributed by atoms with van der Waals surface area (Å²) in [6, 6.07) is 20.1. The number of carbonyl (C=O) groups excluding carboxylic acids is 1. The number of carboxylic acids is 1. The van der Waals surface area contributed by atoms with E-state index in [0.29, 0.717) is 45.8 Å². The van der Waals surface area contributed by atoms with Crippen molar-refractivity contribution >= 4 is 57.9 Å². The molecule has 1 heterocycles. The van der Waals surface area contributed by atoms with Crippen molar-refractivity contribution in [3.05, 3.63) is 99.4 Å². The molecule has 1 N–H and O–H groups in total. The van der Waals surface area contributed by atoms with Crippen molar-refractivity contribution in [3.8, 4) is 11.5 Å². The molecule has 184 valence electrons. The standard InChI is InChI=1S/C27H22ClNO5S2/c1-2-33-22-14-18(10-13-21(22)34-16-17-8-11-20(28)12-9-17)15-23-25(30)29(27(35)36-23)24(26(31)32)19-6-4-3-5-7-19/h3-15,24H,2,16H2,1H3,(H,31,32)/b23-15-. The highest BCUT2D eigenvalue weighted by Gasteiger charge is 2.41. The summed E-state index contributed by atoms with van der Waals surface area (Å²) >= 11 is 12.4. The largest absolute Gasteiger partial charge is 0.490 e. The van der Waals surface area contributed by atoms with Crippen LogP contribution in [0.4, 0.5) is 0 Å². The first kappa shape index (κ1) is 25.8. The molecule has 1 unspecified atom stereocenters. The maximum atomic E-state index is 13.2. The van der Waals surface area contributed by atoms with Crippen molar-refractivity contribution in [1.82, 2.24) is 4.90 Å². The van der Waals surface area contributed by atoms with E-state index in [1.54, 1.807) is 66.7 Å². The highest BCUT2D eigenvalue weighted by Crippen LogP contribution is 2.39. The van der Waals surface area contributed by atoms with Gasteiger partial charge >= 0.3 is 5.97 Å². The minimum Gasteiger partial charge on any atom is -0.490 e. The highest BCUT2D eigenvalue weighted by molar-refractivity contribution is 8.26. The Morgan fingerprint density at radius 2 is 1.81 bits per heavy atom. The van der Waals surface area contributed by atoms with Gasteiger partial charge in [-0.3, -0.25) is 9.69 Å². The molecule has 4 rings (SSSR count). The van der Waals surface area contributed by atoms with Crippen LogP contribution in [0.3, 0.4) is 0 Å². The van der Waals surface area contributed by atoms with Crippen LogP contribution in [0.15, 0.2) is 77.7 Å². The van der Waals surface area contributed by atoms with E-state index in [2.05, 4.69) is 0 Å². The fourth-order valence-electron chi connectivity index (χ4n) is 3.63. The second-order valence-electron chi connectivity index (χ2n) is 7.76. The number of nitrogens with zero attached hydrogens (tertiary/aromatic N) is 1. The number of hydrogen-bond donors (Lipinski definition) is 1. The Morgan fingerprint density at radius 3 is 2.47 bits per heavy atom. The SMILES string of the molecule is CCOc1cc(/C=C2\SC(=S)N(C(C(=O)O)c3ccccc3)C2=O)ccc1OCc1ccc(Cl)cc1. The molecular formula is C27H22ClNO5S2. The van der Waals surface area contributed by atoms with Gasteiger partial charge in [0, 0.05) is 5.02 Å². The second-order valence-corrected chi connectivity index (χ2v) is 9.87. The van der Waals surface area contributed by atoms with E-state index in [1.165, 1.54) is 0 Å². The third-order valence-corrected chi connectivity index (χ3v) is 6.89. The molecule has 3 aromatic carbocycles. The van der Waals surface area contributed by atoms with Crippen molar-refractivity contribution < 1.29 is 24.2 Å². The number of carbonyl (C=O) groups is 2. The predicted molar refractivity (Wildman–Crippen MR) is 145 cm³/mol. The zero-order chi connectivity index (χ0) is 25.7. The van der Waals surface area contributed by atoms with Gasteiger partial charge in [-0.15, -0.1) is 0 Å². The Labute approximate surface area is 223 Å². The molecular weight excluding hydrogens is 518 g/mol. The molecule has 1 amide bonds.